The Morgan fingerprint density at radius 3 is 2.40 bits per heavy atom. The number of aryl methyl sites for hydroxylation is 1. The van der Waals surface area contributed by atoms with E-state index >= 15 is 0 Å². The van der Waals surface area contributed by atoms with Crippen molar-refractivity contribution >= 4 is 6.03 Å². The summed E-state index contributed by atoms with van der Waals surface area (Å²) in [5.41, 5.74) is 2.48. The van der Waals surface area contributed by atoms with Gasteiger partial charge in [-0.1, -0.05) is 31.2 Å². The van der Waals surface area contributed by atoms with E-state index in [9.17, 15) is 4.79 Å². The zero-order valence-corrected chi connectivity index (χ0v) is 13.0. The molecule has 0 saturated heterocycles. The molecule has 0 radical (unpaired) electrons. The lowest BCUT2D eigenvalue weighted by Gasteiger charge is -2.27. The molecule has 1 aliphatic rings. The Hall–Kier alpha value is -1.51. The first-order chi connectivity index (χ1) is 9.52. The fourth-order valence-corrected chi connectivity index (χ4v) is 2.49. The fourth-order valence-electron chi connectivity index (χ4n) is 2.49. The third-order valence-electron chi connectivity index (χ3n) is 4.46. The Morgan fingerprint density at radius 1 is 1.30 bits per heavy atom. The standard InChI is InChI=1S/C17H26N2O/c1-5-14-6-8-15(9-7-14)12(2)18-17(20)19(4)13(3)16-10-11-16/h6-9,12-13,16H,5,10-11H2,1-4H3,(H,18,20)/t12-,13+/m0/s1. The predicted octanol–water partition coefficient (Wildman–Crippen LogP) is 3.75. The van der Waals surface area contributed by atoms with Crippen LogP contribution in [0, 0.1) is 5.92 Å². The summed E-state index contributed by atoms with van der Waals surface area (Å²) in [6, 6.07) is 8.88. The summed E-state index contributed by atoms with van der Waals surface area (Å²) in [4.78, 5) is 14.1. The lowest BCUT2D eigenvalue weighted by Crippen LogP contribution is -2.44. The van der Waals surface area contributed by atoms with Crippen LogP contribution in [0.25, 0.3) is 0 Å². The van der Waals surface area contributed by atoms with Gasteiger partial charge in [0.15, 0.2) is 0 Å². The summed E-state index contributed by atoms with van der Waals surface area (Å²) in [7, 11) is 1.89. The van der Waals surface area contributed by atoms with Crippen LogP contribution in [0.4, 0.5) is 4.79 Å². The van der Waals surface area contributed by atoms with Gasteiger partial charge in [-0.15, -0.1) is 0 Å². The Morgan fingerprint density at radius 2 is 1.90 bits per heavy atom. The second-order valence-electron chi connectivity index (χ2n) is 5.96. The van der Waals surface area contributed by atoms with Gasteiger partial charge in [-0.05, 0) is 50.2 Å². The molecule has 110 valence electrons. The van der Waals surface area contributed by atoms with Crippen molar-refractivity contribution in [1.29, 1.82) is 0 Å². The van der Waals surface area contributed by atoms with Crippen molar-refractivity contribution in [1.82, 2.24) is 10.2 Å². The third-order valence-corrected chi connectivity index (χ3v) is 4.46. The summed E-state index contributed by atoms with van der Waals surface area (Å²) in [5.74, 6) is 0.699. The maximum atomic E-state index is 12.2. The Labute approximate surface area is 122 Å². The van der Waals surface area contributed by atoms with Crippen LogP contribution < -0.4 is 5.32 Å². The first-order valence-corrected chi connectivity index (χ1v) is 7.65. The molecule has 2 rings (SSSR count). The topological polar surface area (TPSA) is 32.3 Å². The number of nitrogens with one attached hydrogen (secondary N) is 1. The van der Waals surface area contributed by atoms with Crippen LogP contribution in [0.2, 0.25) is 0 Å². The van der Waals surface area contributed by atoms with E-state index in [4.69, 9.17) is 0 Å². The first-order valence-electron chi connectivity index (χ1n) is 7.65. The molecule has 1 fully saturated rings. The van der Waals surface area contributed by atoms with E-state index in [-0.39, 0.29) is 12.1 Å². The van der Waals surface area contributed by atoms with Gasteiger partial charge in [0.2, 0.25) is 0 Å². The molecular formula is C17H26N2O. The maximum Gasteiger partial charge on any atom is 0.317 e. The van der Waals surface area contributed by atoms with E-state index in [0.717, 1.165) is 12.0 Å². The van der Waals surface area contributed by atoms with Crippen molar-refractivity contribution in [3.63, 3.8) is 0 Å². The molecule has 1 aliphatic carbocycles. The number of rotatable bonds is 5. The molecule has 2 atom stereocenters. The Kier molecular flexibility index (Phi) is 4.69. The Balaban J connectivity index is 1.91. The monoisotopic (exact) mass is 274 g/mol. The van der Waals surface area contributed by atoms with Crippen molar-refractivity contribution in [3.8, 4) is 0 Å². The minimum absolute atomic E-state index is 0.0245. The van der Waals surface area contributed by atoms with E-state index < -0.39 is 0 Å². The predicted molar refractivity (Wildman–Crippen MR) is 82.7 cm³/mol. The number of hydrogen-bond donors (Lipinski definition) is 1. The van der Waals surface area contributed by atoms with Gasteiger partial charge >= 0.3 is 6.03 Å². The average molecular weight is 274 g/mol. The van der Waals surface area contributed by atoms with Gasteiger partial charge in [0.1, 0.15) is 0 Å². The highest BCUT2D eigenvalue weighted by atomic mass is 16.2. The summed E-state index contributed by atoms with van der Waals surface area (Å²) >= 11 is 0. The molecule has 20 heavy (non-hydrogen) atoms. The first kappa shape index (κ1) is 14.9. The lowest BCUT2D eigenvalue weighted by atomic mass is 10.1. The van der Waals surface area contributed by atoms with Gasteiger partial charge in [-0.25, -0.2) is 4.79 Å². The quantitative estimate of drug-likeness (QED) is 0.871. The molecular weight excluding hydrogens is 248 g/mol. The molecule has 1 aromatic rings. The van der Waals surface area contributed by atoms with E-state index in [0.29, 0.717) is 12.0 Å². The summed E-state index contributed by atoms with van der Waals surface area (Å²) in [6.07, 6.45) is 3.56. The molecule has 1 aromatic carbocycles. The van der Waals surface area contributed by atoms with Crippen LogP contribution in [0.15, 0.2) is 24.3 Å². The molecule has 0 aliphatic heterocycles. The Bertz CT molecular complexity index is 451. The van der Waals surface area contributed by atoms with Gasteiger partial charge in [0, 0.05) is 13.1 Å². The van der Waals surface area contributed by atoms with E-state index in [1.807, 2.05) is 18.9 Å². The normalized spacial score (nSPS) is 17.4. The summed E-state index contributed by atoms with van der Waals surface area (Å²) in [6.45, 7) is 6.32. The molecule has 0 spiro atoms. The highest BCUT2D eigenvalue weighted by Crippen LogP contribution is 2.34. The molecule has 1 N–H and O–H groups in total. The highest BCUT2D eigenvalue weighted by molar-refractivity contribution is 5.74. The summed E-state index contributed by atoms with van der Waals surface area (Å²) in [5, 5.41) is 3.08. The van der Waals surface area contributed by atoms with E-state index in [2.05, 4.69) is 43.4 Å². The van der Waals surface area contributed by atoms with Gasteiger partial charge in [0.05, 0.1) is 6.04 Å². The number of hydrogen-bond acceptors (Lipinski definition) is 1. The van der Waals surface area contributed by atoms with Crippen molar-refractivity contribution in [2.24, 2.45) is 5.92 Å². The summed E-state index contributed by atoms with van der Waals surface area (Å²) < 4.78 is 0. The van der Waals surface area contributed by atoms with Gasteiger partial charge in [0.25, 0.3) is 0 Å². The zero-order chi connectivity index (χ0) is 14.7. The number of amides is 2. The number of nitrogens with zero attached hydrogens (tertiary/aromatic N) is 1. The lowest BCUT2D eigenvalue weighted by molar-refractivity contribution is 0.185. The largest absolute Gasteiger partial charge is 0.331 e. The van der Waals surface area contributed by atoms with Crippen LogP contribution in [-0.4, -0.2) is 24.0 Å². The van der Waals surface area contributed by atoms with Crippen LogP contribution in [0.5, 0.6) is 0 Å². The van der Waals surface area contributed by atoms with Gasteiger partial charge in [-0.3, -0.25) is 0 Å². The minimum atomic E-state index is 0.0245. The van der Waals surface area contributed by atoms with Crippen molar-refractivity contribution in [3.05, 3.63) is 35.4 Å². The van der Waals surface area contributed by atoms with Crippen molar-refractivity contribution in [2.45, 2.75) is 52.1 Å². The van der Waals surface area contributed by atoms with E-state index in [1.54, 1.807) is 0 Å². The molecule has 0 aromatic heterocycles. The van der Waals surface area contributed by atoms with Crippen LogP contribution >= 0.6 is 0 Å². The number of benzene rings is 1. The zero-order valence-electron chi connectivity index (χ0n) is 13.0. The number of urea groups is 1. The van der Waals surface area contributed by atoms with Crippen LogP contribution in [-0.2, 0) is 6.42 Å². The van der Waals surface area contributed by atoms with Crippen LogP contribution in [0.3, 0.4) is 0 Å². The minimum Gasteiger partial charge on any atom is -0.331 e. The second-order valence-corrected chi connectivity index (χ2v) is 5.96. The number of carbonyl (C=O) groups excluding carboxylic acids is 1. The third kappa shape index (κ3) is 3.53. The molecule has 3 heteroatoms. The van der Waals surface area contributed by atoms with Crippen molar-refractivity contribution < 1.29 is 4.79 Å². The molecule has 2 amide bonds. The SMILES string of the molecule is CCc1ccc([C@H](C)NC(=O)N(C)[C@H](C)C2CC2)cc1. The average Bonchev–Trinajstić information content (AvgIpc) is 3.30. The number of carbonyl (C=O) groups is 1. The van der Waals surface area contributed by atoms with Crippen molar-refractivity contribution in [2.75, 3.05) is 7.05 Å². The molecule has 0 unspecified atom stereocenters. The highest BCUT2D eigenvalue weighted by Gasteiger charge is 2.32. The second kappa shape index (κ2) is 6.29. The van der Waals surface area contributed by atoms with E-state index in [1.165, 1.54) is 18.4 Å². The maximum absolute atomic E-state index is 12.2. The molecule has 0 bridgehead atoms. The molecule has 3 nitrogen and oxygen atoms in total. The van der Waals surface area contributed by atoms with Crippen LogP contribution in [0.1, 0.15) is 50.8 Å². The molecule has 1 saturated carbocycles. The smallest absolute Gasteiger partial charge is 0.317 e. The fraction of sp³-hybridized carbons (Fsp3) is 0.588. The van der Waals surface area contributed by atoms with Gasteiger partial charge in [-0.2, -0.15) is 0 Å². The van der Waals surface area contributed by atoms with Gasteiger partial charge < -0.3 is 10.2 Å². The molecule has 0 heterocycles.